The van der Waals surface area contributed by atoms with Crippen LogP contribution in [0.5, 0.6) is 5.75 Å². The van der Waals surface area contributed by atoms with Gasteiger partial charge in [0.15, 0.2) is 0 Å². The summed E-state index contributed by atoms with van der Waals surface area (Å²) in [6.07, 6.45) is -3.35. The van der Waals surface area contributed by atoms with Crippen molar-refractivity contribution in [2.75, 3.05) is 30.4 Å². The molecule has 0 amide bonds. The van der Waals surface area contributed by atoms with E-state index in [1.165, 1.54) is 30.6 Å². The van der Waals surface area contributed by atoms with Gasteiger partial charge in [-0.15, -0.1) is 13.2 Å². The fourth-order valence-corrected chi connectivity index (χ4v) is 2.64. The Bertz CT molecular complexity index is 932. The summed E-state index contributed by atoms with van der Waals surface area (Å²) in [7, 11) is 1.89. The molecular weight excluding hydrogens is 385 g/mol. The monoisotopic (exact) mass is 404 g/mol. The van der Waals surface area contributed by atoms with Gasteiger partial charge >= 0.3 is 6.36 Å². The number of nitrogens with one attached hydrogen (secondary N) is 1. The summed E-state index contributed by atoms with van der Waals surface area (Å²) in [5.74, 6) is 0.252. The highest BCUT2D eigenvalue weighted by Crippen LogP contribution is 2.27. The minimum absolute atomic E-state index is 0.0729. The van der Waals surface area contributed by atoms with E-state index in [1.54, 1.807) is 6.07 Å². The Morgan fingerprint density at radius 3 is 2.34 bits per heavy atom. The van der Waals surface area contributed by atoms with Gasteiger partial charge in [0, 0.05) is 36.6 Å². The smallest absolute Gasteiger partial charge is 0.406 e. The molecule has 0 saturated heterocycles. The summed E-state index contributed by atoms with van der Waals surface area (Å²) >= 11 is 0. The van der Waals surface area contributed by atoms with E-state index in [-0.39, 0.29) is 12.4 Å². The average molecular weight is 404 g/mol. The lowest BCUT2D eigenvalue weighted by molar-refractivity contribution is -0.274. The molecule has 0 spiro atoms. The first-order valence-electron chi connectivity index (χ1n) is 8.71. The fourth-order valence-electron chi connectivity index (χ4n) is 2.64. The Kier molecular flexibility index (Phi) is 6.18. The van der Waals surface area contributed by atoms with E-state index >= 15 is 0 Å². The maximum Gasteiger partial charge on any atom is 0.573 e. The molecule has 0 unspecified atom stereocenters. The molecule has 0 fully saturated rings. The number of halogens is 3. The molecule has 3 aromatic rings. The highest BCUT2D eigenvalue weighted by atomic mass is 19.4. The third-order valence-electron chi connectivity index (χ3n) is 4.07. The SMILES string of the molecule is CN(CCO)c1ccc(Nc2cc(-c3ccc(OC(F)(F)F)cc3)ncn2)cc1. The molecule has 0 saturated carbocycles. The van der Waals surface area contributed by atoms with E-state index in [0.29, 0.717) is 23.6 Å². The van der Waals surface area contributed by atoms with E-state index in [2.05, 4.69) is 20.0 Å². The number of hydrogen-bond donors (Lipinski definition) is 2. The lowest BCUT2D eigenvalue weighted by atomic mass is 10.1. The van der Waals surface area contributed by atoms with E-state index in [4.69, 9.17) is 5.11 Å². The number of alkyl halides is 3. The second-order valence-electron chi connectivity index (χ2n) is 6.18. The quantitative estimate of drug-likeness (QED) is 0.615. The van der Waals surface area contributed by atoms with E-state index in [9.17, 15) is 13.2 Å². The van der Waals surface area contributed by atoms with Crippen molar-refractivity contribution >= 4 is 17.2 Å². The van der Waals surface area contributed by atoms with Crippen molar-refractivity contribution in [2.45, 2.75) is 6.36 Å². The lowest BCUT2D eigenvalue weighted by Gasteiger charge is -2.18. The summed E-state index contributed by atoms with van der Waals surface area (Å²) in [5.41, 5.74) is 2.96. The van der Waals surface area contributed by atoms with Crippen molar-refractivity contribution < 1.29 is 23.0 Å². The Morgan fingerprint density at radius 2 is 1.72 bits per heavy atom. The molecule has 6 nitrogen and oxygen atoms in total. The Hall–Kier alpha value is -3.33. The number of ether oxygens (including phenoxy) is 1. The highest BCUT2D eigenvalue weighted by molar-refractivity contribution is 5.66. The zero-order chi connectivity index (χ0) is 20.9. The van der Waals surface area contributed by atoms with Gasteiger partial charge in [0.1, 0.15) is 17.9 Å². The number of aliphatic hydroxyl groups is 1. The number of hydrogen-bond acceptors (Lipinski definition) is 6. The summed E-state index contributed by atoms with van der Waals surface area (Å²) in [6, 6.07) is 14.8. The topological polar surface area (TPSA) is 70.5 Å². The van der Waals surface area contributed by atoms with E-state index in [0.717, 1.165) is 11.4 Å². The van der Waals surface area contributed by atoms with Gasteiger partial charge in [0.05, 0.1) is 12.3 Å². The first-order valence-corrected chi connectivity index (χ1v) is 8.71. The standard InChI is InChI=1S/C20H19F3N4O2/c1-27(10-11-28)16-6-4-15(5-7-16)26-19-12-18(24-13-25-19)14-2-8-17(9-3-14)29-20(21,22)23/h2-9,12-13,28H,10-11H2,1H3,(H,24,25,26). The fraction of sp³-hybridized carbons (Fsp3) is 0.200. The number of rotatable bonds is 7. The van der Waals surface area contributed by atoms with Crippen LogP contribution < -0.4 is 15.0 Å². The molecule has 3 rings (SSSR count). The van der Waals surface area contributed by atoms with Gasteiger partial charge in [0.2, 0.25) is 0 Å². The van der Waals surface area contributed by atoms with Crippen LogP contribution in [-0.4, -0.2) is 41.6 Å². The molecule has 0 bridgehead atoms. The molecule has 2 N–H and O–H groups in total. The summed E-state index contributed by atoms with van der Waals surface area (Å²) in [6.45, 7) is 0.609. The number of likely N-dealkylation sites (N-methyl/N-ethyl adjacent to an activating group) is 1. The van der Waals surface area contributed by atoms with Crippen LogP contribution in [-0.2, 0) is 0 Å². The number of anilines is 3. The lowest BCUT2D eigenvalue weighted by Crippen LogP contribution is -2.20. The molecule has 29 heavy (non-hydrogen) atoms. The molecule has 0 atom stereocenters. The zero-order valence-corrected chi connectivity index (χ0v) is 15.5. The van der Waals surface area contributed by atoms with Gasteiger partial charge in [0.25, 0.3) is 0 Å². The molecule has 0 radical (unpaired) electrons. The summed E-state index contributed by atoms with van der Waals surface area (Å²) in [4.78, 5) is 10.3. The first kappa shape index (κ1) is 20.4. The van der Waals surface area contributed by atoms with Gasteiger partial charge in [-0.3, -0.25) is 0 Å². The predicted octanol–water partition coefficient (Wildman–Crippen LogP) is 4.21. The molecule has 0 aliphatic rings. The molecule has 1 aromatic heterocycles. The van der Waals surface area contributed by atoms with Crippen LogP contribution in [0.4, 0.5) is 30.4 Å². The van der Waals surface area contributed by atoms with Crippen LogP contribution in [0.1, 0.15) is 0 Å². The van der Waals surface area contributed by atoms with Crippen molar-refractivity contribution in [3.05, 3.63) is 60.9 Å². The molecule has 0 aliphatic carbocycles. The maximum atomic E-state index is 12.3. The number of aromatic nitrogens is 2. The maximum absolute atomic E-state index is 12.3. The normalized spacial score (nSPS) is 11.2. The third-order valence-corrected chi connectivity index (χ3v) is 4.07. The van der Waals surface area contributed by atoms with Gasteiger partial charge < -0.3 is 20.1 Å². The molecule has 1 heterocycles. The van der Waals surface area contributed by atoms with Crippen LogP contribution in [0.3, 0.4) is 0 Å². The van der Waals surface area contributed by atoms with Gasteiger partial charge in [-0.2, -0.15) is 0 Å². The largest absolute Gasteiger partial charge is 0.573 e. The van der Waals surface area contributed by atoms with Crippen molar-refractivity contribution in [2.24, 2.45) is 0 Å². The van der Waals surface area contributed by atoms with E-state index in [1.807, 2.05) is 36.2 Å². The Balaban J connectivity index is 1.71. The second kappa shape index (κ2) is 8.78. The molecular formula is C20H19F3N4O2. The van der Waals surface area contributed by atoms with Crippen LogP contribution in [0.2, 0.25) is 0 Å². The van der Waals surface area contributed by atoms with Gasteiger partial charge in [-0.05, 0) is 48.5 Å². The van der Waals surface area contributed by atoms with Crippen LogP contribution in [0.15, 0.2) is 60.9 Å². The summed E-state index contributed by atoms with van der Waals surface area (Å²) < 4.78 is 40.7. The van der Waals surface area contributed by atoms with Crippen molar-refractivity contribution in [3.63, 3.8) is 0 Å². The Morgan fingerprint density at radius 1 is 1.03 bits per heavy atom. The molecule has 9 heteroatoms. The van der Waals surface area contributed by atoms with Crippen molar-refractivity contribution in [3.8, 4) is 17.0 Å². The number of aliphatic hydroxyl groups excluding tert-OH is 1. The van der Waals surface area contributed by atoms with Gasteiger partial charge in [-0.1, -0.05) is 0 Å². The van der Waals surface area contributed by atoms with Crippen LogP contribution >= 0.6 is 0 Å². The molecule has 152 valence electrons. The van der Waals surface area contributed by atoms with Crippen LogP contribution in [0, 0.1) is 0 Å². The van der Waals surface area contributed by atoms with Crippen molar-refractivity contribution in [1.29, 1.82) is 0 Å². The predicted molar refractivity (Wildman–Crippen MR) is 104 cm³/mol. The second-order valence-corrected chi connectivity index (χ2v) is 6.18. The minimum Gasteiger partial charge on any atom is -0.406 e. The molecule has 0 aliphatic heterocycles. The summed E-state index contributed by atoms with van der Waals surface area (Å²) in [5, 5.41) is 12.2. The highest BCUT2D eigenvalue weighted by Gasteiger charge is 2.30. The van der Waals surface area contributed by atoms with E-state index < -0.39 is 6.36 Å². The zero-order valence-electron chi connectivity index (χ0n) is 15.5. The number of benzene rings is 2. The van der Waals surface area contributed by atoms with Crippen molar-refractivity contribution in [1.82, 2.24) is 9.97 Å². The third kappa shape index (κ3) is 5.82. The molecule has 2 aromatic carbocycles. The minimum atomic E-state index is -4.73. The average Bonchev–Trinajstić information content (AvgIpc) is 2.68. The van der Waals surface area contributed by atoms with Crippen LogP contribution in [0.25, 0.3) is 11.3 Å². The first-order chi connectivity index (χ1) is 13.8. The Labute approximate surface area is 165 Å². The van der Waals surface area contributed by atoms with Gasteiger partial charge in [-0.25, -0.2) is 9.97 Å². The number of nitrogens with zero attached hydrogens (tertiary/aromatic N) is 3.